The Hall–Kier alpha value is -3.51. The fourth-order valence-corrected chi connectivity index (χ4v) is 4.79. The van der Waals surface area contributed by atoms with E-state index in [1.807, 2.05) is 43.3 Å². The van der Waals surface area contributed by atoms with E-state index in [0.717, 1.165) is 16.8 Å². The number of carbonyl (C=O) groups excluding carboxylic acids is 1. The van der Waals surface area contributed by atoms with Gasteiger partial charge in [0.25, 0.3) is 0 Å². The van der Waals surface area contributed by atoms with Crippen LogP contribution in [0.2, 0.25) is 0 Å². The lowest BCUT2D eigenvalue weighted by Crippen LogP contribution is -2.26. The smallest absolute Gasteiger partial charge is 0.244 e. The quantitative estimate of drug-likeness (QED) is 0.233. The van der Waals surface area contributed by atoms with Gasteiger partial charge in [-0.1, -0.05) is 44.2 Å². The van der Waals surface area contributed by atoms with Crippen LogP contribution in [0, 0.1) is 5.92 Å². The minimum atomic E-state index is -0.135. The average Bonchev–Trinajstić information content (AvgIpc) is 3.53. The van der Waals surface area contributed by atoms with E-state index in [9.17, 15) is 4.79 Å². The SMILES string of the molecule is CCOc1cc(/C=C/C(=O)NC[C@H](c2cccs2)c2c[nH]c3ccccc23)ccc1OCC(C)C. The van der Waals surface area contributed by atoms with E-state index in [0.29, 0.717) is 31.4 Å². The second-order valence-electron chi connectivity index (χ2n) is 8.78. The highest BCUT2D eigenvalue weighted by molar-refractivity contribution is 7.10. The Balaban J connectivity index is 1.45. The zero-order valence-electron chi connectivity index (χ0n) is 20.4. The first-order valence-electron chi connectivity index (χ1n) is 12.0. The van der Waals surface area contributed by atoms with Gasteiger partial charge in [-0.25, -0.2) is 0 Å². The number of amides is 1. The van der Waals surface area contributed by atoms with Gasteiger partial charge in [-0.15, -0.1) is 11.3 Å². The molecule has 0 spiro atoms. The Kier molecular flexibility index (Phi) is 8.27. The summed E-state index contributed by atoms with van der Waals surface area (Å²) in [5.41, 5.74) is 3.17. The van der Waals surface area contributed by atoms with Crippen LogP contribution in [0.15, 0.2) is 72.3 Å². The number of aromatic nitrogens is 1. The van der Waals surface area contributed by atoms with E-state index in [2.05, 4.69) is 53.9 Å². The molecule has 2 N–H and O–H groups in total. The van der Waals surface area contributed by atoms with E-state index in [1.165, 1.54) is 15.8 Å². The second-order valence-corrected chi connectivity index (χ2v) is 9.76. The minimum Gasteiger partial charge on any atom is -0.490 e. The first kappa shape index (κ1) is 24.6. The molecule has 0 bridgehead atoms. The molecule has 0 saturated heterocycles. The molecule has 4 aromatic rings. The summed E-state index contributed by atoms with van der Waals surface area (Å²) in [6, 6.07) is 18.2. The first-order chi connectivity index (χ1) is 17.0. The summed E-state index contributed by atoms with van der Waals surface area (Å²) < 4.78 is 11.6. The normalized spacial score (nSPS) is 12.3. The van der Waals surface area contributed by atoms with Crippen LogP contribution in [0.1, 0.15) is 42.7 Å². The van der Waals surface area contributed by atoms with Crippen molar-refractivity contribution in [2.24, 2.45) is 5.92 Å². The van der Waals surface area contributed by atoms with Gasteiger partial charge in [-0.2, -0.15) is 0 Å². The molecule has 0 aliphatic rings. The molecule has 1 amide bonds. The molecule has 0 radical (unpaired) electrons. The molecule has 4 rings (SSSR count). The highest BCUT2D eigenvalue weighted by Crippen LogP contribution is 2.33. The van der Waals surface area contributed by atoms with Crippen LogP contribution in [0.5, 0.6) is 11.5 Å². The zero-order valence-corrected chi connectivity index (χ0v) is 21.2. The van der Waals surface area contributed by atoms with Crippen molar-refractivity contribution in [2.75, 3.05) is 19.8 Å². The lowest BCUT2D eigenvalue weighted by Gasteiger charge is -2.16. The Morgan fingerprint density at radius 3 is 2.71 bits per heavy atom. The van der Waals surface area contributed by atoms with Gasteiger partial charge in [0.05, 0.1) is 13.2 Å². The molecule has 6 heteroatoms. The van der Waals surface area contributed by atoms with E-state index in [1.54, 1.807) is 23.5 Å². The summed E-state index contributed by atoms with van der Waals surface area (Å²) >= 11 is 1.70. The number of hydrogen-bond donors (Lipinski definition) is 2. The summed E-state index contributed by atoms with van der Waals surface area (Å²) in [4.78, 5) is 17.3. The van der Waals surface area contributed by atoms with E-state index in [-0.39, 0.29) is 11.8 Å². The van der Waals surface area contributed by atoms with Crippen molar-refractivity contribution in [1.29, 1.82) is 0 Å². The summed E-state index contributed by atoms with van der Waals surface area (Å²) in [6.45, 7) is 7.84. The number of H-pyrrole nitrogens is 1. The van der Waals surface area contributed by atoms with Gasteiger partial charge in [0.15, 0.2) is 11.5 Å². The number of fused-ring (bicyclic) bond motifs is 1. The molecule has 0 aliphatic heterocycles. The maximum absolute atomic E-state index is 12.7. The molecule has 182 valence electrons. The summed E-state index contributed by atoms with van der Waals surface area (Å²) in [6.07, 6.45) is 5.42. The van der Waals surface area contributed by atoms with Crippen molar-refractivity contribution in [3.8, 4) is 11.5 Å². The molecular weight excluding hydrogens is 456 g/mol. The monoisotopic (exact) mass is 488 g/mol. The van der Waals surface area contributed by atoms with E-state index >= 15 is 0 Å². The van der Waals surface area contributed by atoms with Gasteiger partial charge in [0.1, 0.15) is 0 Å². The number of aromatic amines is 1. The zero-order chi connectivity index (χ0) is 24.6. The van der Waals surface area contributed by atoms with E-state index < -0.39 is 0 Å². The van der Waals surface area contributed by atoms with Crippen LogP contribution < -0.4 is 14.8 Å². The van der Waals surface area contributed by atoms with Crippen LogP contribution in [-0.2, 0) is 4.79 Å². The molecule has 2 aromatic heterocycles. The molecule has 0 unspecified atom stereocenters. The summed E-state index contributed by atoms with van der Waals surface area (Å²) in [5.74, 6) is 1.78. The van der Waals surface area contributed by atoms with E-state index in [4.69, 9.17) is 9.47 Å². The van der Waals surface area contributed by atoms with Crippen molar-refractivity contribution in [1.82, 2.24) is 10.3 Å². The van der Waals surface area contributed by atoms with Crippen molar-refractivity contribution in [3.63, 3.8) is 0 Å². The fourth-order valence-electron chi connectivity index (χ4n) is 3.94. The third kappa shape index (κ3) is 6.34. The van der Waals surface area contributed by atoms with Gasteiger partial charge in [-0.05, 0) is 59.7 Å². The molecule has 5 nitrogen and oxygen atoms in total. The topological polar surface area (TPSA) is 63.3 Å². The lowest BCUT2D eigenvalue weighted by atomic mass is 9.96. The van der Waals surface area contributed by atoms with Gasteiger partial charge in [0, 0.05) is 40.5 Å². The maximum atomic E-state index is 12.7. The highest BCUT2D eigenvalue weighted by Gasteiger charge is 2.19. The largest absolute Gasteiger partial charge is 0.490 e. The summed E-state index contributed by atoms with van der Waals surface area (Å²) in [7, 11) is 0. The van der Waals surface area contributed by atoms with Crippen LogP contribution in [0.3, 0.4) is 0 Å². The second kappa shape index (κ2) is 11.8. The standard InChI is InChI=1S/C29H32N2O3S/c1-4-33-27-16-21(11-13-26(27)34-19-20(2)3)12-14-29(32)31-18-24(28-10-7-15-35-28)23-17-30-25-9-6-5-8-22(23)25/h5-17,20,24,30H,4,18-19H2,1-3H3,(H,31,32)/b14-12+/t24-/m0/s1. The Morgan fingerprint density at radius 1 is 1.09 bits per heavy atom. The Morgan fingerprint density at radius 2 is 1.94 bits per heavy atom. The molecule has 0 fully saturated rings. The maximum Gasteiger partial charge on any atom is 0.244 e. The first-order valence-corrected chi connectivity index (χ1v) is 12.9. The van der Waals surface area contributed by atoms with Crippen molar-refractivity contribution >= 4 is 34.2 Å². The third-order valence-electron chi connectivity index (χ3n) is 5.63. The minimum absolute atomic E-state index is 0.0745. The molecule has 35 heavy (non-hydrogen) atoms. The number of para-hydroxylation sites is 1. The average molecular weight is 489 g/mol. The van der Waals surface area contributed by atoms with Crippen LogP contribution in [0.4, 0.5) is 0 Å². The molecule has 2 heterocycles. The fraction of sp³-hybridized carbons (Fsp3) is 0.276. The van der Waals surface area contributed by atoms with Gasteiger partial charge in [0.2, 0.25) is 5.91 Å². The predicted molar refractivity (Wildman–Crippen MR) is 144 cm³/mol. The third-order valence-corrected chi connectivity index (χ3v) is 6.62. The Labute approximate surface area is 210 Å². The molecule has 0 aliphatic carbocycles. The number of hydrogen-bond acceptors (Lipinski definition) is 4. The lowest BCUT2D eigenvalue weighted by molar-refractivity contribution is -0.116. The van der Waals surface area contributed by atoms with Crippen molar-refractivity contribution in [2.45, 2.75) is 26.7 Å². The van der Waals surface area contributed by atoms with Gasteiger partial charge in [-0.3, -0.25) is 4.79 Å². The van der Waals surface area contributed by atoms with Gasteiger partial charge >= 0.3 is 0 Å². The van der Waals surface area contributed by atoms with Crippen LogP contribution in [0.25, 0.3) is 17.0 Å². The molecule has 1 atom stereocenters. The van der Waals surface area contributed by atoms with Gasteiger partial charge < -0.3 is 19.8 Å². The highest BCUT2D eigenvalue weighted by atomic mass is 32.1. The number of nitrogens with one attached hydrogen (secondary N) is 2. The number of ether oxygens (including phenoxy) is 2. The molecule has 0 saturated carbocycles. The molecule has 2 aromatic carbocycles. The van der Waals surface area contributed by atoms with Crippen LogP contribution in [-0.4, -0.2) is 30.6 Å². The van der Waals surface area contributed by atoms with Crippen molar-refractivity contribution < 1.29 is 14.3 Å². The van der Waals surface area contributed by atoms with Crippen LogP contribution >= 0.6 is 11.3 Å². The molecular formula is C29H32N2O3S. The Bertz CT molecular complexity index is 1270. The number of carbonyl (C=O) groups is 1. The number of rotatable bonds is 11. The number of thiophene rings is 1. The number of benzene rings is 2. The summed E-state index contributed by atoms with van der Waals surface area (Å²) in [5, 5.41) is 6.34. The predicted octanol–water partition coefficient (Wildman–Crippen LogP) is 6.62. The van der Waals surface area contributed by atoms with Crippen molar-refractivity contribution in [3.05, 3.63) is 88.3 Å².